The fourth-order valence-electron chi connectivity index (χ4n) is 2.71. The summed E-state index contributed by atoms with van der Waals surface area (Å²) in [4.78, 5) is 15.8. The number of thiazole rings is 1. The zero-order chi connectivity index (χ0) is 14.2. The van der Waals surface area contributed by atoms with Crippen LogP contribution < -0.4 is 5.32 Å². The number of esters is 1. The molecule has 1 fully saturated rings. The number of anilines is 1. The molecule has 0 aliphatic heterocycles. The molecule has 0 saturated heterocycles. The van der Waals surface area contributed by atoms with Gasteiger partial charge in [-0.05, 0) is 25.7 Å². The number of nitrogens with one attached hydrogen (secondary N) is 1. The van der Waals surface area contributed by atoms with Gasteiger partial charge in [-0.2, -0.15) is 0 Å². The van der Waals surface area contributed by atoms with Crippen molar-refractivity contribution >= 4 is 22.4 Å². The van der Waals surface area contributed by atoms with Gasteiger partial charge in [0.15, 0.2) is 5.13 Å². The number of aromatic nitrogens is 1. The second kappa shape index (κ2) is 8.25. The van der Waals surface area contributed by atoms with E-state index in [0.29, 0.717) is 6.61 Å². The molecule has 2 rings (SSSR count). The second-order valence-corrected chi connectivity index (χ2v) is 6.20. The van der Waals surface area contributed by atoms with E-state index in [2.05, 4.69) is 10.3 Å². The number of carbonyl (C=O) groups is 1. The van der Waals surface area contributed by atoms with Crippen molar-refractivity contribution in [2.24, 2.45) is 5.92 Å². The first-order valence-electron chi connectivity index (χ1n) is 7.62. The van der Waals surface area contributed by atoms with Crippen molar-refractivity contribution in [3.8, 4) is 0 Å². The summed E-state index contributed by atoms with van der Waals surface area (Å²) in [7, 11) is 0. The number of nitrogens with zero attached hydrogens (tertiary/aromatic N) is 1. The third kappa shape index (κ3) is 5.12. The predicted octanol–water partition coefficient (Wildman–Crippen LogP) is 3.63. The van der Waals surface area contributed by atoms with Gasteiger partial charge in [0.1, 0.15) is 0 Å². The van der Waals surface area contributed by atoms with Gasteiger partial charge in [0, 0.05) is 11.9 Å². The Hall–Kier alpha value is -1.10. The van der Waals surface area contributed by atoms with Crippen LogP contribution in [0.15, 0.2) is 5.38 Å². The topological polar surface area (TPSA) is 51.2 Å². The standard InChI is InChI=1S/C15H24N2O2S/c1-2-19-14(18)10-13-11-20-15(17-13)16-9-5-8-12-6-3-4-7-12/h11-12H,2-10H2,1H3,(H,16,17). The molecule has 112 valence electrons. The minimum absolute atomic E-state index is 0.203. The molecule has 1 aromatic heterocycles. The Morgan fingerprint density at radius 1 is 1.50 bits per heavy atom. The molecular formula is C15H24N2O2S. The average Bonchev–Trinajstić information content (AvgIpc) is 3.06. The minimum Gasteiger partial charge on any atom is -0.466 e. The molecule has 0 unspecified atom stereocenters. The monoisotopic (exact) mass is 296 g/mol. The zero-order valence-corrected chi connectivity index (χ0v) is 13.0. The van der Waals surface area contributed by atoms with Crippen molar-refractivity contribution < 1.29 is 9.53 Å². The molecule has 5 heteroatoms. The van der Waals surface area contributed by atoms with E-state index in [4.69, 9.17) is 4.74 Å². The molecule has 1 aliphatic carbocycles. The Labute approximate surface area is 124 Å². The summed E-state index contributed by atoms with van der Waals surface area (Å²) < 4.78 is 4.92. The molecule has 1 aliphatic rings. The van der Waals surface area contributed by atoms with E-state index in [0.717, 1.165) is 23.3 Å². The highest BCUT2D eigenvalue weighted by atomic mass is 32.1. The highest BCUT2D eigenvalue weighted by Crippen LogP contribution is 2.28. The van der Waals surface area contributed by atoms with Crippen LogP contribution in [0.1, 0.15) is 51.1 Å². The van der Waals surface area contributed by atoms with Crippen molar-refractivity contribution in [1.82, 2.24) is 4.98 Å². The van der Waals surface area contributed by atoms with Crippen LogP contribution in [0.2, 0.25) is 0 Å². The number of ether oxygens (including phenoxy) is 1. The molecule has 0 atom stereocenters. The lowest BCUT2D eigenvalue weighted by molar-refractivity contribution is -0.142. The first kappa shape index (κ1) is 15.3. The number of hydrogen-bond acceptors (Lipinski definition) is 5. The van der Waals surface area contributed by atoms with Gasteiger partial charge in [0.2, 0.25) is 0 Å². The minimum atomic E-state index is -0.203. The van der Waals surface area contributed by atoms with E-state index in [1.165, 1.54) is 38.5 Å². The summed E-state index contributed by atoms with van der Waals surface area (Å²) in [6.07, 6.45) is 8.48. The van der Waals surface area contributed by atoms with Crippen LogP contribution in [0.3, 0.4) is 0 Å². The lowest BCUT2D eigenvalue weighted by atomic mass is 10.0. The summed E-state index contributed by atoms with van der Waals surface area (Å²) in [6, 6.07) is 0. The lowest BCUT2D eigenvalue weighted by Gasteiger charge is -2.08. The molecule has 0 spiro atoms. The van der Waals surface area contributed by atoms with E-state index in [1.54, 1.807) is 11.3 Å². The maximum atomic E-state index is 11.4. The van der Waals surface area contributed by atoms with Crippen molar-refractivity contribution in [2.45, 2.75) is 51.9 Å². The van der Waals surface area contributed by atoms with E-state index in [-0.39, 0.29) is 12.4 Å². The Balaban J connectivity index is 1.63. The van der Waals surface area contributed by atoms with E-state index in [9.17, 15) is 4.79 Å². The summed E-state index contributed by atoms with van der Waals surface area (Å²) >= 11 is 1.56. The highest BCUT2D eigenvalue weighted by molar-refractivity contribution is 7.13. The molecule has 0 radical (unpaired) electrons. The van der Waals surface area contributed by atoms with Gasteiger partial charge in [0.05, 0.1) is 18.7 Å². The smallest absolute Gasteiger partial charge is 0.311 e. The van der Waals surface area contributed by atoms with Gasteiger partial charge in [-0.25, -0.2) is 4.98 Å². The van der Waals surface area contributed by atoms with Crippen LogP contribution in [0.25, 0.3) is 0 Å². The molecule has 4 nitrogen and oxygen atoms in total. The quantitative estimate of drug-likeness (QED) is 0.588. The lowest BCUT2D eigenvalue weighted by Crippen LogP contribution is -2.08. The molecule has 0 bridgehead atoms. The van der Waals surface area contributed by atoms with Crippen LogP contribution in [-0.2, 0) is 16.0 Å². The van der Waals surface area contributed by atoms with Crippen LogP contribution >= 0.6 is 11.3 Å². The first-order valence-corrected chi connectivity index (χ1v) is 8.49. The largest absolute Gasteiger partial charge is 0.466 e. The Kier molecular flexibility index (Phi) is 6.30. The summed E-state index contributed by atoms with van der Waals surface area (Å²) in [5.74, 6) is 0.748. The fourth-order valence-corrected chi connectivity index (χ4v) is 3.45. The maximum Gasteiger partial charge on any atom is 0.311 e. The van der Waals surface area contributed by atoms with Gasteiger partial charge in [-0.1, -0.05) is 25.7 Å². The fraction of sp³-hybridized carbons (Fsp3) is 0.733. The number of rotatable bonds is 8. The number of hydrogen-bond donors (Lipinski definition) is 1. The SMILES string of the molecule is CCOC(=O)Cc1csc(NCCCC2CCCC2)n1. The zero-order valence-electron chi connectivity index (χ0n) is 12.2. The molecule has 1 aromatic rings. The summed E-state index contributed by atoms with van der Waals surface area (Å²) in [5, 5.41) is 6.19. The van der Waals surface area contributed by atoms with Gasteiger partial charge in [-0.15, -0.1) is 11.3 Å². The highest BCUT2D eigenvalue weighted by Gasteiger charge is 2.14. The summed E-state index contributed by atoms with van der Waals surface area (Å²) in [5.41, 5.74) is 0.798. The molecule has 0 amide bonds. The number of carbonyl (C=O) groups excluding carboxylic acids is 1. The molecule has 0 aromatic carbocycles. The third-order valence-corrected chi connectivity index (χ3v) is 4.57. The van der Waals surface area contributed by atoms with Crippen molar-refractivity contribution in [3.05, 3.63) is 11.1 Å². The van der Waals surface area contributed by atoms with Crippen LogP contribution in [0.4, 0.5) is 5.13 Å². The van der Waals surface area contributed by atoms with Gasteiger partial charge in [-0.3, -0.25) is 4.79 Å². The van der Waals surface area contributed by atoms with Crippen LogP contribution in [0.5, 0.6) is 0 Å². The van der Waals surface area contributed by atoms with Gasteiger partial charge in [0.25, 0.3) is 0 Å². The van der Waals surface area contributed by atoms with Crippen LogP contribution in [-0.4, -0.2) is 24.1 Å². The average molecular weight is 296 g/mol. The second-order valence-electron chi connectivity index (χ2n) is 5.35. The van der Waals surface area contributed by atoms with Crippen molar-refractivity contribution in [1.29, 1.82) is 0 Å². The first-order chi connectivity index (χ1) is 9.78. The molecular weight excluding hydrogens is 272 g/mol. The third-order valence-electron chi connectivity index (χ3n) is 3.72. The van der Waals surface area contributed by atoms with Crippen molar-refractivity contribution in [3.63, 3.8) is 0 Å². The Bertz CT molecular complexity index is 414. The van der Waals surface area contributed by atoms with E-state index >= 15 is 0 Å². The normalized spacial score (nSPS) is 15.4. The maximum absolute atomic E-state index is 11.4. The molecule has 20 heavy (non-hydrogen) atoms. The molecule has 1 heterocycles. The Morgan fingerprint density at radius 3 is 3.05 bits per heavy atom. The predicted molar refractivity (Wildman–Crippen MR) is 82.1 cm³/mol. The van der Waals surface area contributed by atoms with E-state index < -0.39 is 0 Å². The molecule has 1 N–H and O–H groups in total. The van der Waals surface area contributed by atoms with Gasteiger partial charge < -0.3 is 10.1 Å². The summed E-state index contributed by atoms with van der Waals surface area (Å²) in [6.45, 7) is 3.22. The van der Waals surface area contributed by atoms with Crippen LogP contribution in [0, 0.1) is 5.92 Å². The van der Waals surface area contributed by atoms with Gasteiger partial charge >= 0.3 is 5.97 Å². The molecule has 1 saturated carbocycles. The van der Waals surface area contributed by atoms with Crippen molar-refractivity contribution in [2.75, 3.05) is 18.5 Å². The van der Waals surface area contributed by atoms with E-state index in [1.807, 2.05) is 12.3 Å². The Morgan fingerprint density at radius 2 is 2.30 bits per heavy atom.